The summed E-state index contributed by atoms with van der Waals surface area (Å²) in [5.74, 6) is 0.623. The molecule has 0 unspecified atom stereocenters. The Labute approximate surface area is 198 Å². The van der Waals surface area contributed by atoms with Crippen LogP contribution in [0.2, 0.25) is 0 Å². The molecule has 2 aromatic carbocycles. The van der Waals surface area contributed by atoms with Crippen molar-refractivity contribution in [3.63, 3.8) is 0 Å². The first kappa shape index (κ1) is 24.8. The van der Waals surface area contributed by atoms with E-state index in [-0.39, 0.29) is 37.2 Å². The van der Waals surface area contributed by atoms with E-state index in [0.717, 1.165) is 11.3 Å². The molecule has 0 atom stereocenters. The topological polar surface area (TPSA) is 76.9 Å². The summed E-state index contributed by atoms with van der Waals surface area (Å²) in [6, 6.07) is 13.4. The normalized spacial score (nSPS) is 10.6. The molecule has 2 amide bonds. The number of hydrogen-bond donors (Lipinski definition) is 0. The van der Waals surface area contributed by atoms with Gasteiger partial charge in [-0.05, 0) is 43.3 Å². The van der Waals surface area contributed by atoms with Crippen molar-refractivity contribution in [2.24, 2.45) is 0 Å². The summed E-state index contributed by atoms with van der Waals surface area (Å²) in [6.45, 7) is 3.04. The number of aromatic nitrogens is 2. The zero-order chi connectivity index (χ0) is 24.5. The van der Waals surface area contributed by atoms with Gasteiger partial charge in [0.2, 0.25) is 11.8 Å². The molecule has 0 aliphatic heterocycles. The zero-order valence-corrected chi connectivity index (χ0v) is 19.6. The molecule has 1 aromatic heterocycles. The molecule has 9 heteroatoms. The molecule has 1 heterocycles. The van der Waals surface area contributed by atoms with Crippen molar-refractivity contribution >= 4 is 17.5 Å². The van der Waals surface area contributed by atoms with Gasteiger partial charge >= 0.3 is 0 Å². The minimum absolute atomic E-state index is 0.0523. The van der Waals surface area contributed by atoms with Crippen LogP contribution in [0, 0.1) is 12.7 Å². The van der Waals surface area contributed by atoms with Gasteiger partial charge in [0, 0.05) is 20.3 Å². The lowest BCUT2D eigenvalue weighted by Gasteiger charge is -2.18. The van der Waals surface area contributed by atoms with Crippen molar-refractivity contribution in [1.82, 2.24) is 14.7 Å². The van der Waals surface area contributed by atoms with Crippen LogP contribution in [-0.2, 0) is 16.1 Å². The fourth-order valence-electron chi connectivity index (χ4n) is 3.03. The van der Waals surface area contributed by atoms with Gasteiger partial charge < -0.3 is 19.3 Å². The van der Waals surface area contributed by atoms with Crippen molar-refractivity contribution in [2.75, 3.05) is 38.8 Å². The van der Waals surface area contributed by atoms with Crippen molar-refractivity contribution in [3.05, 3.63) is 72.3 Å². The summed E-state index contributed by atoms with van der Waals surface area (Å²) in [6.07, 6.45) is 3.32. The van der Waals surface area contributed by atoms with E-state index in [9.17, 15) is 14.0 Å². The smallest absolute Gasteiger partial charge is 0.244 e. The maximum absolute atomic E-state index is 12.9. The predicted octanol–water partition coefficient (Wildman–Crippen LogP) is 3.30. The number of hydrogen-bond acceptors (Lipinski definition) is 5. The molecule has 0 bridgehead atoms. The highest BCUT2D eigenvalue weighted by atomic mass is 19.1. The molecule has 0 N–H and O–H groups in total. The molecule has 180 valence electrons. The van der Waals surface area contributed by atoms with Crippen LogP contribution in [0.15, 0.2) is 60.9 Å². The summed E-state index contributed by atoms with van der Waals surface area (Å²) in [5.41, 5.74) is 1.73. The number of rotatable bonds is 11. The molecule has 0 spiro atoms. The molecule has 0 aliphatic carbocycles. The van der Waals surface area contributed by atoms with Gasteiger partial charge in [-0.25, -0.2) is 4.39 Å². The lowest BCUT2D eigenvalue weighted by atomic mass is 10.2. The number of amides is 2. The van der Waals surface area contributed by atoms with Crippen molar-refractivity contribution < 1.29 is 23.5 Å². The first-order chi connectivity index (χ1) is 16.3. The predicted molar refractivity (Wildman–Crippen MR) is 126 cm³/mol. The zero-order valence-electron chi connectivity index (χ0n) is 19.6. The lowest BCUT2D eigenvalue weighted by molar-refractivity contribution is -0.131. The average molecular weight is 469 g/mol. The van der Waals surface area contributed by atoms with Crippen LogP contribution in [0.1, 0.15) is 12.0 Å². The Kier molecular flexibility index (Phi) is 8.61. The monoisotopic (exact) mass is 468 g/mol. The summed E-state index contributed by atoms with van der Waals surface area (Å²) in [4.78, 5) is 28.0. The van der Waals surface area contributed by atoms with Gasteiger partial charge in [0.1, 0.15) is 30.5 Å². The van der Waals surface area contributed by atoms with Crippen LogP contribution in [0.3, 0.4) is 0 Å². The van der Waals surface area contributed by atoms with E-state index in [0.29, 0.717) is 24.6 Å². The van der Waals surface area contributed by atoms with Gasteiger partial charge in [-0.3, -0.25) is 14.3 Å². The third-order valence-electron chi connectivity index (χ3n) is 5.22. The Balaban J connectivity index is 1.41. The van der Waals surface area contributed by atoms with E-state index in [1.807, 2.05) is 31.2 Å². The minimum Gasteiger partial charge on any atom is -0.493 e. The van der Waals surface area contributed by atoms with Gasteiger partial charge in [-0.15, -0.1) is 0 Å². The number of benzene rings is 2. The largest absolute Gasteiger partial charge is 0.493 e. The number of carbonyl (C=O) groups is 2. The van der Waals surface area contributed by atoms with Crippen LogP contribution in [0.4, 0.5) is 10.1 Å². The average Bonchev–Trinajstić information content (AvgIpc) is 3.29. The van der Waals surface area contributed by atoms with E-state index in [4.69, 9.17) is 9.47 Å². The summed E-state index contributed by atoms with van der Waals surface area (Å²) in [5, 5.41) is 4.19. The molecule has 0 saturated carbocycles. The van der Waals surface area contributed by atoms with Gasteiger partial charge in [-0.2, -0.15) is 5.10 Å². The maximum atomic E-state index is 12.9. The van der Waals surface area contributed by atoms with Crippen LogP contribution >= 0.6 is 0 Å². The summed E-state index contributed by atoms with van der Waals surface area (Å²) >= 11 is 0. The Hall–Kier alpha value is -3.88. The maximum Gasteiger partial charge on any atom is 0.244 e. The molecule has 3 aromatic rings. The van der Waals surface area contributed by atoms with Crippen molar-refractivity contribution in [3.8, 4) is 11.5 Å². The first-order valence-corrected chi connectivity index (χ1v) is 10.9. The highest BCUT2D eigenvalue weighted by Crippen LogP contribution is 2.15. The number of halogens is 1. The van der Waals surface area contributed by atoms with E-state index in [1.54, 1.807) is 25.2 Å². The number of carbonyl (C=O) groups excluding carboxylic acids is 2. The standard InChI is InChI=1S/C25H29FN4O4/c1-19-4-8-22(9-5-19)34-15-13-28(2)25(32)18-30-17-21(16-27-30)29(3)24(31)12-14-33-23-10-6-20(26)7-11-23/h4-11,16-17H,12-15,18H2,1-3H3. The summed E-state index contributed by atoms with van der Waals surface area (Å²) < 4.78 is 25.6. The van der Waals surface area contributed by atoms with Gasteiger partial charge in [0.25, 0.3) is 0 Å². The van der Waals surface area contributed by atoms with Crippen LogP contribution in [0.5, 0.6) is 11.5 Å². The second kappa shape index (κ2) is 11.8. The quantitative estimate of drug-likeness (QED) is 0.432. The second-order valence-corrected chi connectivity index (χ2v) is 7.88. The Morgan fingerprint density at radius 2 is 1.56 bits per heavy atom. The number of nitrogens with zero attached hydrogens (tertiary/aromatic N) is 4. The molecular weight excluding hydrogens is 439 g/mol. The summed E-state index contributed by atoms with van der Waals surface area (Å²) in [7, 11) is 3.35. The fraction of sp³-hybridized carbons (Fsp3) is 0.320. The molecule has 0 aliphatic rings. The SMILES string of the molecule is Cc1ccc(OCCN(C)C(=O)Cn2cc(N(C)C(=O)CCOc3ccc(F)cc3)cn2)cc1. The van der Waals surface area contributed by atoms with Crippen LogP contribution < -0.4 is 14.4 Å². The molecule has 34 heavy (non-hydrogen) atoms. The van der Waals surface area contributed by atoms with Gasteiger partial charge in [-0.1, -0.05) is 17.7 Å². The third-order valence-corrected chi connectivity index (χ3v) is 5.22. The molecule has 8 nitrogen and oxygen atoms in total. The highest BCUT2D eigenvalue weighted by molar-refractivity contribution is 5.92. The van der Waals surface area contributed by atoms with E-state index >= 15 is 0 Å². The van der Waals surface area contributed by atoms with E-state index in [1.165, 1.54) is 40.0 Å². The van der Waals surface area contributed by atoms with Crippen LogP contribution in [0.25, 0.3) is 0 Å². The number of anilines is 1. The number of ether oxygens (including phenoxy) is 2. The van der Waals surface area contributed by atoms with Gasteiger partial charge in [0.05, 0.1) is 31.5 Å². The van der Waals surface area contributed by atoms with Crippen molar-refractivity contribution in [1.29, 1.82) is 0 Å². The number of aryl methyl sites for hydroxylation is 1. The molecule has 0 saturated heterocycles. The number of likely N-dealkylation sites (N-methyl/N-ethyl adjacent to an activating group) is 1. The molecule has 3 rings (SSSR count). The lowest BCUT2D eigenvalue weighted by Crippen LogP contribution is -2.33. The second-order valence-electron chi connectivity index (χ2n) is 7.88. The van der Waals surface area contributed by atoms with E-state index < -0.39 is 0 Å². The minimum atomic E-state index is -0.347. The van der Waals surface area contributed by atoms with Crippen LogP contribution in [-0.4, -0.2) is 60.3 Å². The third kappa shape index (κ3) is 7.33. The van der Waals surface area contributed by atoms with E-state index in [2.05, 4.69) is 5.10 Å². The Bertz CT molecular complexity index is 1080. The molecule has 0 fully saturated rings. The van der Waals surface area contributed by atoms with Crippen molar-refractivity contribution in [2.45, 2.75) is 19.9 Å². The van der Waals surface area contributed by atoms with Gasteiger partial charge in [0.15, 0.2) is 0 Å². The Morgan fingerprint density at radius 3 is 2.24 bits per heavy atom. The molecule has 0 radical (unpaired) electrons. The Morgan fingerprint density at radius 1 is 0.941 bits per heavy atom. The molecular formula is C25H29FN4O4. The first-order valence-electron chi connectivity index (χ1n) is 10.9. The fourth-order valence-corrected chi connectivity index (χ4v) is 3.03. The highest BCUT2D eigenvalue weighted by Gasteiger charge is 2.15.